The highest BCUT2D eigenvalue weighted by atomic mass is 16.6. The van der Waals surface area contributed by atoms with E-state index in [-0.39, 0.29) is 29.4 Å². The Morgan fingerprint density at radius 3 is 2.40 bits per heavy atom. The van der Waals surface area contributed by atoms with E-state index in [1.165, 1.54) is 12.7 Å². The molecule has 6 heteroatoms. The molecule has 0 fully saturated rings. The Bertz CT molecular complexity index is 1030. The maximum absolute atomic E-state index is 12.3. The van der Waals surface area contributed by atoms with E-state index >= 15 is 0 Å². The van der Waals surface area contributed by atoms with Gasteiger partial charge in [-0.15, -0.1) is 0 Å². The van der Waals surface area contributed by atoms with Gasteiger partial charge in [-0.2, -0.15) is 0 Å². The topological polar surface area (TPSA) is 74.2 Å². The number of hydrogen-bond donors (Lipinski definition) is 0. The molecule has 0 N–H and O–H groups in total. The Morgan fingerprint density at radius 2 is 1.80 bits per heavy atom. The van der Waals surface area contributed by atoms with E-state index in [0.29, 0.717) is 17.1 Å². The Morgan fingerprint density at radius 1 is 1.10 bits per heavy atom. The van der Waals surface area contributed by atoms with Gasteiger partial charge in [0.15, 0.2) is 17.2 Å². The minimum Gasteiger partial charge on any atom is -0.493 e. The molecule has 30 heavy (non-hydrogen) atoms. The monoisotopic (exact) mass is 407 g/mol. The zero-order chi connectivity index (χ0) is 21.9. The number of cyclic esters (lactones) is 1. The van der Waals surface area contributed by atoms with Gasteiger partial charge < -0.3 is 14.2 Å². The van der Waals surface area contributed by atoms with E-state index in [2.05, 4.69) is 25.8 Å². The summed E-state index contributed by atoms with van der Waals surface area (Å²) in [5.74, 6) is 0.103. The quantitative estimate of drug-likeness (QED) is 0.410. The summed E-state index contributed by atoms with van der Waals surface area (Å²) >= 11 is 0. The normalized spacial score (nSPS) is 15.0. The lowest BCUT2D eigenvalue weighted by Gasteiger charge is -2.18. The third kappa shape index (κ3) is 4.76. The fourth-order valence-electron chi connectivity index (χ4n) is 2.86. The molecule has 0 aromatic heterocycles. The van der Waals surface area contributed by atoms with Crippen molar-refractivity contribution in [2.45, 2.75) is 39.5 Å². The number of nitrogens with zero attached hydrogens (tertiary/aromatic N) is 1. The SMILES string of the molecule is CCC(=O)Oc1ccc(C=C2N=C(c3ccc(C(C)(C)C)cc3)OC2=O)cc1OC. The second-order valence-electron chi connectivity index (χ2n) is 7.90. The largest absolute Gasteiger partial charge is 0.493 e. The van der Waals surface area contributed by atoms with Gasteiger partial charge in [0.2, 0.25) is 5.90 Å². The first-order valence-corrected chi connectivity index (χ1v) is 9.73. The fourth-order valence-corrected chi connectivity index (χ4v) is 2.86. The summed E-state index contributed by atoms with van der Waals surface area (Å²) in [5.41, 5.74) is 2.81. The molecule has 0 unspecified atom stereocenters. The predicted octanol–water partition coefficient (Wildman–Crippen LogP) is 4.65. The van der Waals surface area contributed by atoms with Crippen LogP contribution in [0.15, 0.2) is 53.2 Å². The second kappa shape index (κ2) is 8.53. The Kier molecular flexibility index (Phi) is 6.06. The average Bonchev–Trinajstić information content (AvgIpc) is 3.08. The van der Waals surface area contributed by atoms with Crippen LogP contribution in [-0.4, -0.2) is 24.9 Å². The van der Waals surface area contributed by atoms with Crippen LogP contribution in [0.3, 0.4) is 0 Å². The van der Waals surface area contributed by atoms with Gasteiger partial charge >= 0.3 is 11.9 Å². The van der Waals surface area contributed by atoms with E-state index < -0.39 is 5.97 Å². The molecule has 2 aromatic rings. The molecule has 1 aliphatic heterocycles. The highest BCUT2D eigenvalue weighted by Crippen LogP contribution is 2.30. The molecule has 2 aromatic carbocycles. The number of aliphatic imine (C=N–C) groups is 1. The number of rotatable bonds is 5. The number of benzene rings is 2. The van der Waals surface area contributed by atoms with Crippen LogP contribution in [0.2, 0.25) is 0 Å². The Balaban J connectivity index is 1.86. The molecule has 1 heterocycles. The third-order valence-electron chi connectivity index (χ3n) is 4.62. The molecular weight excluding hydrogens is 382 g/mol. The molecule has 0 bridgehead atoms. The van der Waals surface area contributed by atoms with Crippen LogP contribution in [0.25, 0.3) is 6.08 Å². The molecule has 1 aliphatic rings. The van der Waals surface area contributed by atoms with Gasteiger partial charge in [-0.1, -0.05) is 45.9 Å². The summed E-state index contributed by atoms with van der Waals surface area (Å²) in [6.07, 6.45) is 1.86. The minimum absolute atomic E-state index is 0.0361. The predicted molar refractivity (Wildman–Crippen MR) is 115 cm³/mol. The minimum atomic E-state index is -0.523. The van der Waals surface area contributed by atoms with E-state index in [1.54, 1.807) is 31.2 Å². The second-order valence-corrected chi connectivity index (χ2v) is 7.90. The Hall–Kier alpha value is -3.41. The molecule has 0 aliphatic carbocycles. The van der Waals surface area contributed by atoms with Crippen molar-refractivity contribution in [1.82, 2.24) is 0 Å². The lowest BCUT2D eigenvalue weighted by atomic mass is 9.87. The Labute approximate surface area is 176 Å². The van der Waals surface area contributed by atoms with E-state index in [4.69, 9.17) is 14.2 Å². The van der Waals surface area contributed by atoms with Gasteiger partial charge in [-0.25, -0.2) is 9.79 Å². The number of hydrogen-bond acceptors (Lipinski definition) is 6. The maximum atomic E-state index is 12.3. The zero-order valence-electron chi connectivity index (χ0n) is 17.8. The number of carbonyl (C=O) groups is 2. The van der Waals surface area contributed by atoms with Gasteiger partial charge in [-0.05, 0) is 46.9 Å². The third-order valence-corrected chi connectivity index (χ3v) is 4.62. The average molecular weight is 407 g/mol. The molecule has 0 radical (unpaired) electrons. The van der Waals surface area contributed by atoms with Crippen molar-refractivity contribution in [2.24, 2.45) is 4.99 Å². The number of methoxy groups -OCH3 is 1. The van der Waals surface area contributed by atoms with Crippen molar-refractivity contribution in [3.05, 3.63) is 64.9 Å². The van der Waals surface area contributed by atoms with Gasteiger partial charge in [0.05, 0.1) is 7.11 Å². The van der Waals surface area contributed by atoms with Crippen LogP contribution in [0, 0.1) is 0 Å². The molecule has 0 saturated heterocycles. The maximum Gasteiger partial charge on any atom is 0.363 e. The standard InChI is InChI=1S/C24H25NO5/c1-6-21(26)29-19-12-7-15(14-20(19)28-5)13-18-23(27)30-22(25-18)16-8-10-17(11-9-16)24(2,3)4/h7-14H,6H2,1-5H3. The smallest absolute Gasteiger partial charge is 0.363 e. The number of esters is 2. The molecule has 0 spiro atoms. The van der Waals surface area contributed by atoms with Crippen molar-refractivity contribution < 1.29 is 23.8 Å². The van der Waals surface area contributed by atoms with Crippen LogP contribution in [0.5, 0.6) is 11.5 Å². The fraction of sp³-hybridized carbons (Fsp3) is 0.292. The van der Waals surface area contributed by atoms with Gasteiger partial charge in [0, 0.05) is 12.0 Å². The highest BCUT2D eigenvalue weighted by molar-refractivity contribution is 6.12. The van der Waals surface area contributed by atoms with Crippen LogP contribution < -0.4 is 9.47 Å². The summed E-state index contributed by atoms with van der Waals surface area (Å²) in [6.45, 7) is 8.13. The highest BCUT2D eigenvalue weighted by Gasteiger charge is 2.25. The van der Waals surface area contributed by atoms with Gasteiger partial charge in [0.25, 0.3) is 0 Å². The van der Waals surface area contributed by atoms with Gasteiger partial charge in [-0.3, -0.25) is 4.79 Å². The van der Waals surface area contributed by atoms with Crippen LogP contribution >= 0.6 is 0 Å². The first kappa shape index (κ1) is 21.3. The number of ether oxygens (including phenoxy) is 3. The zero-order valence-corrected chi connectivity index (χ0v) is 17.8. The van der Waals surface area contributed by atoms with Crippen LogP contribution in [0.4, 0.5) is 0 Å². The summed E-state index contributed by atoms with van der Waals surface area (Å²) in [6, 6.07) is 12.8. The molecule has 0 amide bonds. The lowest BCUT2D eigenvalue weighted by molar-refractivity contribution is -0.134. The molecule has 3 rings (SSSR count). The van der Waals surface area contributed by atoms with Crippen molar-refractivity contribution >= 4 is 23.9 Å². The summed E-state index contributed by atoms with van der Waals surface area (Å²) in [5, 5.41) is 0. The van der Waals surface area contributed by atoms with Gasteiger partial charge in [0.1, 0.15) is 0 Å². The summed E-state index contributed by atoms with van der Waals surface area (Å²) < 4.78 is 15.9. The molecule has 0 saturated carbocycles. The van der Waals surface area contributed by atoms with Crippen molar-refractivity contribution in [2.75, 3.05) is 7.11 Å². The number of carbonyl (C=O) groups excluding carboxylic acids is 2. The first-order chi connectivity index (χ1) is 14.2. The molecule has 0 atom stereocenters. The summed E-state index contributed by atoms with van der Waals surface area (Å²) in [4.78, 5) is 28.2. The van der Waals surface area contributed by atoms with Crippen molar-refractivity contribution in [1.29, 1.82) is 0 Å². The van der Waals surface area contributed by atoms with Crippen LogP contribution in [-0.2, 0) is 19.7 Å². The lowest BCUT2D eigenvalue weighted by Crippen LogP contribution is -2.11. The van der Waals surface area contributed by atoms with Crippen molar-refractivity contribution in [3.63, 3.8) is 0 Å². The van der Waals surface area contributed by atoms with E-state index in [1.807, 2.05) is 24.3 Å². The molecule has 6 nitrogen and oxygen atoms in total. The van der Waals surface area contributed by atoms with Crippen LogP contribution in [0.1, 0.15) is 50.8 Å². The molecule has 156 valence electrons. The first-order valence-electron chi connectivity index (χ1n) is 9.73. The molecular formula is C24H25NO5. The van der Waals surface area contributed by atoms with Crippen molar-refractivity contribution in [3.8, 4) is 11.5 Å². The summed E-state index contributed by atoms with van der Waals surface area (Å²) in [7, 11) is 1.48. The van der Waals surface area contributed by atoms with E-state index in [0.717, 1.165) is 5.56 Å². The van der Waals surface area contributed by atoms with E-state index in [9.17, 15) is 9.59 Å².